The summed E-state index contributed by atoms with van der Waals surface area (Å²) in [5.41, 5.74) is 1.85. The molecular weight excluding hydrogens is 382 g/mol. The predicted molar refractivity (Wildman–Crippen MR) is 108 cm³/mol. The number of carbonyl (C=O) groups is 1. The molecule has 1 N–H and O–H groups in total. The number of nitrogens with one attached hydrogen (secondary N) is 1. The van der Waals surface area contributed by atoms with Crippen LogP contribution in [-0.4, -0.2) is 31.4 Å². The van der Waals surface area contributed by atoms with Gasteiger partial charge in [-0.3, -0.25) is 9.78 Å². The van der Waals surface area contributed by atoms with E-state index < -0.39 is 0 Å². The van der Waals surface area contributed by atoms with Crippen molar-refractivity contribution in [1.82, 2.24) is 25.1 Å². The number of rotatable bonds is 8. The zero-order chi connectivity index (χ0) is 19.1. The molecule has 8 heteroatoms. The molecule has 3 aromatic rings. The molecule has 6 nitrogen and oxygen atoms in total. The maximum Gasteiger partial charge on any atom is 0.230 e. The molecule has 0 unspecified atom stereocenters. The molecule has 0 aliphatic heterocycles. The Morgan fingerprint density at radius 3 is 2.70 bits per heavy atom. The smallest absolute Gasteiger partial charge is 0.230 e. The van der Waals surface area contributed by atoms with Gasteiger partial charge in [0.15, 0.2) is 11.0 Å². The number of carbonyl (C=O) groups excluding carboxylic acids is 1. The predicted octanol–water partition coefficient (Wildman–Crippen LogP) is 3.81. The van der Waals surface area contributed by atoms with Crippen LogP contribution in [0.5, 0.6) is 0 Å². The molecule has 2 aromatic heterocycles. The number of nitrogens with zero attached hydrogens (tertiary/aromatic N) is 4. The molecule has 0 fully saturated rings. The maximum atomic E-state index is 12.2. The van der Waals surface area contributed by atoms with Gasteiger partial charge in [0.05, 0.1) is 5.75 Å². The molecule has 0 saturated carbocycles. The Morgan fingerprint density at radius 1 is 1.19 bits per heavy atom. The van der Waals surface area contributed by atoms with Crippen molar-refractivity contribution >= 4 is 29.3 Å². The van der Waals surface area contributed by atoms with Crippen molar-refractivity contribution in [3.8, 4) is 11.4 Å². The molecule has 1 amide bonds. The third-order valence-corrected chi connectivity index (χ3v) is 5.20. The van der Waals surface area contributed by atoms with Gasteiger partial charge in [0.1, 0.15) is 0 Å². The Morgan fingerprint density at radius 2 is 1.96 bits per heavy atom. The van der Waals surface area contributed by atoms with Crippen molar-refractivity contribution in [3.05, 3.63) is 59.4 Å². The largest absolute Gasteiger partial charge is 0.351 e. The first-order valence-electron chi connectivity index (χ1n) is 8.65. The number of pyridine rings is 1. The van der Waals surface area contributed by atoms with Gasteiger partial charge in [-0.05, 0) is 30.2 Å². The quantitative estimate of drug-likeness (QED) is 0.581. The summed E-state index contributed by atoms with van der Waals surface area (Å²) in [5, 5.41) is 12.8. The minimum atomic E-state index is -0.0728. The second-order valence-electron chi connectivity index (χ2n) is 5.85. The summed E-state index contributed by atoms with van der Waals surface area (Å²) in [7, 11) is 0. The van der Waals surface area contributed by atoms with Crippen LogP contribution in [0.15, 0.2) is 53.9 Å². The van der Waals surface area contributed by atoms with Gasteiger partial charge in [0.25, 0.3) is 0 Å². The molecule has 0 bridgehead atoms. The summed E-state index contributed by atoms with van der Waals surface area (Å²) < 4.78 is 2.04. The van der Waals surface area contributed by atoms with Crippen molar-refractivity contribution < 1.29 is 4.79 Å². The topological polar surface area (TPSA) is 72.7 Å². The van der Waals surface area contributed by atoms with Crippen LogP contribution in [0.25, 0.3) is 11.4 Å². The van der Waals surface area contributed by atoms with E-state index in [9.17, 15) is 4.79 Å². The molecular formula is C19H20ClN5OS. The molecule has 0 aliphatic rings. The van der Waals surface area contributed by atoms with Gasteiger partial charge in [-0.1, -0.05) is 48.5 Å². The van der Waals surface area contributed by atoms with E-state index in [4.69, 9.17) is 11.6 Å². The van der Waals surface area contributed by atoms with Crippen LogP contribution in [0.1, 0.15) is 18.9 Å². The molecule has 140 valence electrons. The summed E-state index contributed by atoms with van der Waals surface area (Å²) in [6.45, 7) is 3.29. The fraction of sp³-hybridized carbons (Fsp3) is 0.263. The van der Waals surface area contributed by atoms with Gasteiger partial charge < -0.3 is 9.88 Å². The molecule has 2 heterocycles. The van der Waals surface area contributed by atoms with E-state index >= 15 is 0 Å². The van der Waals surface area contributed by atoms with E-state index in [1.807, 2.05) is 41.0 Å². The van der Waals surface area contributed by atoms with Gasteiger partial charge in [0, 0.05) is 36.1 Å². The number of thioether (sulfide) groups is 1. The highest BCUT2D eigenvalue weighted by atomic mass is 35.5. The fourth-order valence-corrected chi connectivity index (χ4v) is 3.55. The zero-order valence-corrected chi connectivity index (χ0v) is 16.5. The average Bonchev–Trinajstić information content (AvgIpc) is 3.09. The Kier molecular flexibility index (Phi) is 6.84. The second-order valence-corrected chi connectivity index (χ2v) is 7.20. The van der Waals surface area contributed by atoms with Crippen LogP contribution in [-0.2, 0) is 17.9 Å². The van der Waals surface area contributed by atoms with Gasteiger partial charge in [-0.15, -0.1) is 10.2 Å². The van der Waals surface area contributed by atoms with Crippen molar-refractivity contribution in [2.45, 2.75) is 31.6 Å². The van der Waals surface area contributed by atoms with Crippen LogP contribution in [0.3, 0.4) is 0 Å². The molecule has 0 aliphatic carbocycles. The lowest BCUT2D eigenvalue weighted by atomic mass is 10.2. The molecule has 27 heavy (non-hydrogen) atoms. The van der Waals surface area contributed by atoms with Crippen molar-refractivity contribution in [3.63, 3.8) is 0 Å². The van der Waals surface area contributed by atoms with E-state index in [0.29, 0.717) is 11.6 Å². The number of hydrogen-bond acceptors (Lipinski definition) is 5. The van der Waals surface area contributed by atoms with Crippen molar-refractivity contribution in [2.24, 2.45) is 0 Å². The highest BCUT2D eigenvalue weighted by Gasteiger charge is 2.15. The highest BCUT2D eigenvalue weighted by Crippen LogP contribution is 2.24. The summed E-state index contributed by atoms with van der Waals surface area (Å²) in [5.74, 6) is 0.984. The van der Waals surface area contributed by atoms with Crippen LogP contribution >= 0.6 is 23.4 Å². The first kappa shape index (κ1) is 19.4. The van der Waals surface area contributed by atoms with Gasteiger partial charge >= 0.3 is 0 Å². The summed E-state index contributed by atoms with van der Waals surface area (Å²) in [4.78, 5) is 16.2. The molecule has 0 saturated heterocycles. The third-order valence-electron chi connectivity index (χ3n) is 3.87. The number of halogens is 1. The van der Waals surface area contributed by atoms with E-state index in [0.717, 1.165) is 35.1 Å². The molecule has 3 rings (SSSR count). The highest BCUT2D eigenvalue weighted by molar-refractivity contribution is 7.99. The number of benzene rings is 1. The second kappa shape index (κ2) is 9.53. The van der Waals surface area contributed by atoms with Gasteiger partial charge in [-0.25, -0.2) is 0 Å². The third kappa shape index (κ3) is 5.08. The standard InChI is InChI=1S/C19H20ClN5OS/c1-2-11-25-18(14-7-9-21-10-8-14)23-24-19(25)27-13-17(26)22-12-15-5-3-4-6-16(15)20/h3-10H,2,11-13H2,1H3,(H,22,26). The molecule has 0 spiro atoms. The Balaban J connectivity index is 1.63. The first-order valence-corrected chi connectivity index (χ1v) is 10.0. The van der Waals surface area contributed by atoms with Gasteiger partial charge in [0.2, 0.25) is 5.91 Å². The van der Waals surface area contributed by atoms with E-state index in [1.165, 1.54) is 11.8 Å². The monoisotopic (exact) mass is 401 g/mol. The summed E-state index contributed by atoms with van der Waals surface area (Å²) in [6, 6.07) is 11.3. The fourth-order valence-electron chi connectivity index (χ4n) is 2.55. The van der Waals surface area contributed by atoms with Crippen molar-refractivity contribution in [1.29, 1.82) is 0 Å². The SMILES string of the molecule is CCCn1c(SCC(=O)NCc2ccccc2Cl)nnc1-c1ccncc1. The minimum Gasteiger partial charge on any atom is -0.351 e. The van der Waals surface area contributed by atoms with E-state index in [1.54, 1.807) is 12.4 Å². The maximum absolute atomic E-state index is 12.2. The Bertz CT molecular complexity index is 900. The number of amides is 1. The molecule has 0 atom stereocenters. The average molecular weight is 402 g/mol. The first-order chi connectivity index (χ1) is 13.2. The van der Waals surface area contributed by atoms with Crippen LogP contribution in [0.2, 0.25) is 5.02 Å². The van der Waals surface area contributed by atoms with Gasteiger partial charge in [-0.2, -0.15) is 0 Å². The molecule has 0 radical (unpaired) electrons. The zero-order valence-electron chi connectivity index (χ0n) is 14.9. The number of aromatic nitrogens is 4. The summed E-state index contributed by atoms with van der Waals surface area (Å²) in [6.07, 6.45) is 4.41. The van der Waals surface area contributed by atoms with Crippen LogP contribution in [0, 0.1) is 0 Å². The minimum absolute atomic E-state index is 0.0728. The lowest BCUT2D eigenvalue weighted by Gasteiger charge is -2.09. The lowest BCUT2D eigenvalue weighted by Crippen LogP contribution is -2.24. The van der Waals surface area contributed by atoms with Crippen LogP contribution < -0.4 is 5.32 Å². The Hall–Kier alpha value is -2.38. The normalized spacial score (nSPS) is 10.7. The van der Waals surface area contributed by atoms with Crippen molar-refractivity contribution in [2.75, 3.05) is 5.75 Å². The van der Waals surface area contributed by atoms with E-state index in [-0.39, 0.29) is 11.7 Å². The van der Waals surface area contributed by atoms with E-state index in [2.05, 4.69) is 27.4 Å². The Labute approximate surface area is 167 Å². The molecule has 1 aromatic carbocycles. The summed E-state index contributed by atoms with van der Waals surface area (Å²) >= 11 is 7.49. The number of hydrogen-bond donors (Lipinski definition) is 1. The lowest BCUT2D eigenvalue weighted by molar-refractivity contribution is -0.118. The van der Waals surface area contributed by atoms with Crippen LogP contribution in [0.4, 0.5) is 0 Å².